The molecule has 8 fully saturated rings. The van der Waals surface area contributed by atoms with Gasteiger partial charge >= 0.3 is 0 Å². The van der Waals surface area contributed by atoms with E-state index in [4.69, 9.17) is 39.5 Å². The second kappa shape index (κ2) is 38.3. The van der Waals surface area contributed by atoms with Crippen LogP contribution in [0.2, 0.25) is 15.1 Å². The van der Waals surface area contributed by atoms with E-state index in [1.165, 1.54) is 84.3 Å². The molecule has 0 aromatic carbocycles. The molecule has 8 aliphatic carbocycles. The molecule has 4 atom stereocenters. The zero-order valence-corrected chi connectivity index (χ0v) is 77.6. The predicted molar refractivity (Wildman–Crippen MR) is 515 cm³/mol. The highest BCUT2D eigenvalue weighted by atomic mass is 35.5. The number of carbonyl (C=O) groups is 4. The van der Waals surface area contributed by atoms with Crippen LogP contribution in [0.4, 0.5) is 78.1 Å². The van der Waals surface area contributed by atoms with Gasteiger partial charge in [-0.3, -0.25) is 56.7 Å². The first-order valence-electron chi connectivity index (χ1n) is 45.5. The summed E-state index contributed by atoms with van der Waals surface area (Å²) in [6.07, 6.45) is 27.0. The molecule has 0 saturated heterocycles. The van der Waals surface area contributed by atoms with Gasteiger partial charge < -0.3 is 73.1 Å². The van der Waals surface area contributed by atoms with Crippen molar-refractivity contribution in [3.05, 3.63) is 231 Å². The molecule has 0 spiro atoms. The number of carbonyl (C=O) groups excluding carboxylic acids is 4. The number of fused-ring (bicyclic) bond motifs is 4. The Bertz CT molecular complexity index is 7560. The van der Waals surface area contributed by atoms with Crippen LogP contribution in [0.3, 0.4) is 0 Å². The minimum absolute atomic E-state index is 0.0914. The zero-order chi connectivity index (χ0) is 96.3. The Balaban J connectivity index is 0.000000114. The Morgan fingerprint density at radius 2 is 0.748 bits per heavy atom. The van der Waals surface area contributed by atoms with E-state index >= 15 is 0 Å². The maximum Gasteiger partial charge on any atom is 0.280 e. The first-order valence-corrected chi connectivity index (χ1v) is 46.6. The number of nitrogens with zero attached hydrogens (tertiary/aromatic N) is 22. The van der Waals surface area contributed by atoms with Crippen LogP contribution < -0.4 is 86.0 Å². The topological polar surface area (TPSA) is 500 Å². The smallest absolute Gasteiger partial charge is 0.280 e. The van der Waals surface area contributed by atoms with Crippen molar-refractivity contribution in [1.29, 1.82) is 0 Å². The number of hydrogen-bond donors (Lipinski definition) is 12. The van der Waals surface area contributed by atoms with Gasteiger partial charge in [-0.25, -0.2) is 28.7 Å². The number of alkyl halides is 2. The van der Waals surface area contributed by atoms with Gasteiger partial charge in [0.2, 0.25) is 0 Å². The van der Waals surface area contributed by atoms with Crippen LogP contribution in [0.25, 0.3) is 40.0 Å². The highest BCUT2D eigenvalue weighted by Gasteiger charge is 2.41. The van der Waals surface area contributed by atoms with Crippen molar-refractivity contribution in [2.75, 3.05) is 77.8 Å². The normalized spacial score (nSPS) is 18.4. The van der Waals surface area contributed by atoms with Crippen molar-refractivity contribution < 1.29 is 32.7 Å². The van der Waals surface area contributed by atoms with Crippen molar-refractivity contribution in [3.63, 3.8) is 0 Å². The summed E-state index contributed by atoms with van der Waals surface area (Å²) < 4.78 is 45.7. The van der Waals surface area contributed by atoms with E-state index in [2.05, 4.69) is 130 Å². The largest absolute Gasteiger partial charge is 0.381 e. The van der Waals surface area contributed by atoms with Crippen LogP contribution in [-0.4, -0.2) is 208 Å². The number of nitrogens with one attached hydrogen (secondary N) is 12. The van der Waals surface area contributed by atoms with Gasteiger partial charge in [-0.15, -0.1) is 10.2 Å². The molecule has 15 heterocycles. The molecule has 0 bridgehead atoms. The first-order chi connectivity index (χ1) is 67.4. The Morgan fingerprint density at radius 3 is 1.07 bits per heavy atom. The predicted octanol–water partition coefficient (Wildman–Crippen LogP) is 11.1. The fourth-order valence-corrected chi connectivity index (χ4v) is 16.7. The molecule has 0 aliphatic heterocycles. The molecule has 716 valence electrons. The van der Waals surface area contributed by atoms with Crippen molar-refractivity contribution in [2.24, 2.45) is 0 Å². The van der Waals surface area contributed by atoms with Crippen LogP contribution in [-0.2, 0) is 4.74 Å². The van der Waals surface area contributed by atoms with Crippen LogP contribution in [0.5, 0.6) is 0 Å². The molecular formula is C91H93Cl3F2N34O9. The van der Waals surface area contributed by atoms with Gasteiger partial charge in [0.05, 0.1) is 75.5 Å². The Morgan fingerprint density at radius 1 is 0.396 bits per heavy atom. The summed E-state index contributed by atoms with van der Waals surface area (Å²) in [5.41, 5.74) is 4.00. The molecule has 0 radical (unpaired) electrons. The van der Waals surface area contributed by atoms with Gasteiger partial charge in [0.15, 0.2) is 40.0 Å². The Kier molecular flexibility index (Phi) is 25.2. The molecular weight excluding hydrogens is 1860 g/mol. The summed E-state index contributed by atoms with van der Waals surface area (Å²) in [6, 6.07) is 23.9. The molecule has 48 heteroatoms. The van der Waals surface area contributed by atoms with Crippen LogP contribution in [0.1, 0.15) is 179 Å². The SMILES string of the molecule is CNc1cc(Nc2cc(Cl)cn(-c3ccc(C4CC4)nn3)c2=O)nc2c(C(=O)NC3CC3)cnn12.CNc1cc(Nc2cc(Cl)cn(-c3ccc(C4CC4)nn3)c2=O)nc2c(C(=O)N[C@H]3C[C@H]3F)cnn12.CNc1cc(Nc2cc(Cl)cn(-c3ccn(C4CC4)n3)c2=O)nc2c(C(=O)N[C@H]3C[C@H]3F)cnn12.CNc1cc(Nc2cccn(C3CCC(OC)CC3)c2=O)nc2c(C(=O)NC3CC3)cnn12. The molecule has 43 nitrogen and oxygen atoms in total. The number of methoxy groups -OCH3 is 1. The first kappa shape index (κ1) is 91.4. The second-order valence-corrected chi connectivity index (χ2v) is 36.4. The number of hydrogen-bond acceptors (Lipinski definition) is 30. The lowest BCUT2D eigenvalue weighted by Crippen LogP contribution is -2.30. The third-order valence-corrected chi connectivity index (χ3v) is 25.3. The molecule has 139 heavy (non-hydrogen) atoms. The molecule has 15 aromatic heterocycles. The number of ether oxygens (including phenoxy) is 1. The lowest BCUT2D eigenvalue weighted by Gasteiger charge is -2.29. The second-order valence-electron chi connectivity index (χ2n) is 35.0. The van der Waals surface area contributed by atoms with E-state index in [1.807, 2.05) is 35.3 Å². The number of rotatable bonds is 28. The number of anilines is 12. The molecule has 23 rings (SSSR count). The number of aromatic nitrogens is 22. The summed E-state index contributed by atoms with van der Waals surface area (Å²) in [4.78, 5) is 122. The fraction of sp³-hybridized carbons (Fsp3) is 0.352. The van der Waals surface area contributed by atoms with Crippen molar-refractivity contribution in [3.8, 4) is 17.5 Å². The number of pyridine rings is 4. The lowest BCUT2D eigenvalue weighted by atomic mass is 9.92. The summed E-state index contributed by atoms with van der Waals surface area (Å²) in [6.45, 7) is 0. The van der Waals surface area contributed by atoms with Gasteiger partial charge in [0.1, 0.15) is 104 Å². The molecule has 12 N–H and O–H groups in total. The van der Waals surface area contributed by atoms with Gasteiger partial charge in [0.25, 0.3) is 45.9 Å². The van der Waals surface area contributed by atoms with Gasteiger partial charge in [0, 0.05) is 139 Å². The minimum Gasteiger partial charge on any atom is -0.381 e. The van der Waals surface area contributed by atoms with E-state index in [-0.39, 0.29) is 98.0 Å². The maximum absolute atomic E-state index is 13.3. The van der Waals surface area contributed by atoms with Crippen molar-refractivity contribution in [2.45, 2.75) is 169 Å². The molecule has 8 aliphatic rings. The molecule has 8 saturated carbocycles. The van der Waals surface area contributed by atoms with Gasteiger partial charge in [-0.05, 0) is 144 Å². The highest BCUT2D eigenvalue weighted by molar-refractivity contribution is 6.31. The van der Waals surface area contributed by atoms with E-state index in [0.29, 0.717) is 132 Å². The number of amides is 4. The third-order valence-electron chi connectivity index (χ3n) is 24.7. The van der Waals surface area contributed by atoms with E-state index in [9.17, 15) is 47.1 Å². The Hall–Kier alpha value is -15.4. The van der Waals surface area contributed by atoms with Crippen LogP contribution in [0, 0.1) is 0 Å². The van der Waals surface area contributed by atoms with Gasteiger partial charge in [-0.2, -0.15) is 53.8 Å². The molecule has 4 amide bonds. The average molecular weight is 1950 g/mol. The fourth-order valence-electron chi connectivity index (χ4n) is 16.1. The summed E-state index contributed by atoms with van der Waals surface area (Å²) in [5, 5.41) is 75.0. The van der Waals surface area contributed by atoms with Crippen LogP contribution in [0.15, 0.2) is 160 Å². The van der Waals surface area contributed by atoms with E-state index in [1.54, 1.807) is 97.4 Å². The van der Waals surface area contributed by atoms with Gasteiger partial charge in [-0.1, -0.05) is 34.8 Å². The van der Waals surface area contributed by atoms with Crippen LogP contribution >= 0.6 is 34.8 Å². The van der Waals surface area contributed by atoms with E-state index < -0.39 is 41.8 Å². The summed E-state index contributed by atoms with van der Waals surface area (Å²) in [7, 11) is 8.64. The quantitative estimate of drug-likeness (QED) is 0.0217. The lowest BCUT2D eigenvalue weighted by molar-refractivity contribution is 0.0580. The van der Waals surface area contributed by atoms with Crippen molar-refractivity contribution in [1.82, 2.24) is 128 Å². The monoisotopic (exact) mass is 1950 g/mol. The standard InChI is InChI=1S/C23H21ClFN9O2.C23H22ClN9O2.C23H29N7O3.C22H21ClFN9O2/c1-26-20-8-18(30-21-13(9-27-34(20)21)22(35)29-16-7-14(16)25)28-17-6-12(24)10-33(23(17)36)19-5-4-15(31-32-19)11-2-3-11;1-25-20-9-18(29-21-15(10-26-33(20)21)22(34)27-14-4-5-14)28-17-8-13(24)11-32(23(17)35)19-7-6-16(30-31-19)12-2-3-12;1-24-20-12-19(28-21-17(13-25-30(20)21)22(31)26-14-5-6-14)27-18-4-3-11-29(23(18)32)15-7-9-16(33-2)10-8-15;1-25-19-8-17(29-20-13(9-26-33(19)20)21(34)28-15-7-14(15)24)27-16-6-11(23)10-31(22(16)35)18-4-5-32(30-18)12-2-3-12/h4-6,8-11,14,16,26H,2-3,7H2,1H3,(H,28,30)(H,29,35);6-12,14,25H,2-5H2,1H3,(H,27,34)(H,28,29);3-4,11-16,24H,5-10H2,1-2H3,(H,26,31)(H,27,28);4-6,8-10,12,14-15,25H,2-3,7H2,1H3,(H,27,29)(H,28,34)/t14-,16+;;;14-,15+/m1..1/s1. The van der Waals surface area contributed by atoms with E-state index in [0.717, 1.165) is 101 Å². The molecule has 15 aromatic rings. The summed E-state index contributed by atoms with van der Waals surface area (Å²) in [5.74, 6) is 4.40. The third kappa shape index (κ3) is 20.0. The minimum atomic E-state index is -1.03. The molecule has 0 unspecified atom stereocenters. The highest BCUT2D eigenvalue weighted by Crippen LogP contribution is 2.41. The number of halogens is 5. The zero-order valence-electron chi connectivity index (χ0n) is 75.3. The van der Waals surface area contributed by atoms with Crippen molar-refractivity contribution >= 4 is 150 Å². The summed E-state index contributed by atoms with van der Waals surface area (Å²) >= 11 is 19.0. The Labute approximate surface area is 802 Å². The average Bonchev–Trinajstić information content (AvgIpc) is 1.61. The maximum atomic E-state index is 13.3.